The number of hydrogen-bond acceptors (Lipinski definition) is 2. The molecule has 0 saturated carbocycles. The number of unbranched alkanes of at least 4 members (excludes halogenated alkanes) is 2. The van der Waals surface area contributed by atoms with E-state index in [1.807, 2.05) is 0 Å². The molecule has 2 unspecified atom stereocenters. The number of likely N-dealkylation sites (N-methyl/N-ethyl adjacent to an activating group) is 1. The molecular formula is C12H28N2. The highest BCUT2D eigenvalue weighted by molar-refractivity contribution is 4.69. The second kappa shape index (κ2) is 8.25. The minimum atomic E-state index is 0.599. The Bertz CT molecular complexity index is 123. The van der Waals surface area contributed by atoms with E-state index in [1.54, 1.807) is 0 Å². The van der Waals surface area contributed by atoms with E-state index in [0.717, 1.165) is 6.54 Å². The predicted molar refractivity (Wildman–Crippen MR) is 64.8 cm³/mol. The standard InChI is InChI=1S/C12H28N2/c1-6-7-8-9-11(2)13-12(3)10-14(4)5/h11-13H,6-10H2,1-5H3. The van der Waals surface area contributed by atoms with Crippen LogP contribution >= 0.6 is 0 Å². The zero-order chi connectivity index (χ0) is 11.0. The van der Waals surface area contributed by atoms with Gasteiger partial charge in [-0.25, -0.2) is 0 Å². The number of hydrogen-bond donors (Lipinski definition) is 1. The summed E-state index contributed by atoms with van der Waals surface area (Å²) >= 11 is 0. The summed E-state index contributed by atoms with van der Waals surface area (Å²) in [7, 11) is 4.25. The van der Waals surface area contributed by atoms with Gasteiger partial charge in [0.1, 0.15) is 0 Å². The fraction of sp³-hybridized carbons (Fsp3) is 1.00. The van der Waals surface area contributed by atoms with Crippen molar-refractivity contribution in [1.82, 2.24) is 10.2 Å². The van der Waals surface area contributed by atoms with Crippen LogP contribution in [-0.2, 0) is 0 Å². The first-order chi connectivity index (χ1) is 6.56. The molecule has 0 aromatic rings. The maximum atomic E-state index is 3.63. The molecule has 0 aliphatic heterocycles. The van der Waals surface area contributed by atoms with Crippen LogP contribution in [-0.4, -0.2) is 37.6 Å². The van der Waals surface area contributed by atoms with Gasteiger partial charge in [0.25, 0.3) is 0 Å². The van der Waals surface area contributed by atoms with Gasteiger partial charge in [0.2, 0.25) is 0 Å². The van der Waals surface area contributed by atoms with Crippen molar-refractivity contribution in [2.75, 3.05) is 20.6 Å². The predicted octanol–water partition coefficient (Wildman–Crippen LogP) is 2.49. The highest BCUT2D eigenvalue weighted by atomic mass is 15.1. The van der Waals surface area contributed by atoms with Crippen LogP contribution in [0.1, 0.15) is 46.5 Å². The average Bonchev–Trinajstić information content (AvgIpc) is 2.02. The largest absolute Gasteiger partial charge is 0.311 e. The quantitative estimate of drug-likeness (QED) is 0.606. The van der Waals surface area contributed by atoms with Crippen molar-refractivity contribution >= 4 is 0 Å². The summed E-state index contributed by atoms with van der Waals surface area (Å²) in [5, 5.41) is 3.63. The van der Waals surface area contributed by atoms with Crippen LogP contribution in [0, 0.1) is 0 Å². The van der Waals surface area contributed by atoms with Crippen molar-refractivity contribution in [3.63, 3.8) is 0 Å². The van der Waals surface area contributed by atoms with E-state index in [2.05, 4.69) is 45.1 Å². The lowest BCUT2D eigenvalue weighted by Crippen LogP contribution is -2.40. The maximum Gasteiger partial charge on any atom is 0.0168 e. The minimum absolute atomic E-state index is 0.599. The highest BCUT2D eigenvalue weighted by Gasteiger charge is 2.07. The van der Waals surface area contributed by atoms with Gasteiger partial charge >= 0.3 is 0 Å². The van der Waals surface area contributed by atoms with Crippen LogP contribution in [0.3, 0.4) is 0 Å². The molecule has 0 bridgehead atoms. The Morgan fingerprint density at radius 1 is 1.07 bits per heavy atom. The molecule has 0 radical (unpaired) electrons. The topological polar surface area (TPSA) is 15.3 Å². The highest BCUT2D eigenvalue weighted by Crippen LogP contribution is 2.03. The van der Waals surface area contributed by atoms with Gasteiger partial charge in [0, 0.05) is 18.6 Å². The molecule has 0 spiro atoms. The monoisotopic (exact) mass is 200 g/mol. The van der Waals surface area contributed by atoms with Crippen molar-refractivity contribution in [2.24, 2.45) is 0 Å². The van der Waals surface area contributed by atoms with Crippen molar-refractivity contribution in [2.45, 2.75) is 58.5 Å². The lowest BCUT2D eigenvalue weighted by molar-refractivity contribution is 0.326. The van der Waals surface area contributed by atoms with Crippen molar-refractivity contribution in [1.29, 1.82) is 0 Å². The fourth-order valence-corrected chi connectivity index (χ4v) is 1.87. The molecule has 0 rings (SSSR count). The van der Waals surface area contributed by atoms with E-state index in [4.69, 9.17) is 0 Å². The van der Waals surface area contributed by atoms with E-state index in [1.165, 1.54) is 25.7 Å². The molecule has 2 atom stereocenters. The minimum Gasteiger partial charge on any atom is -0.311 e. The third-order valence-corrected chi connectivity index (χ3v) is 2.45. The molecule has 86 valence electrons. The van der Waals surface area contributed by atoms with E-state index in [0.29, 0.717) is 12.1 Å². The third-order valence-electron chi connectivity index (χ3n) is 2.45. The van der Waals surface area contributed by atoms with Crippen molar-refractivity contribution in [3.8, 4) is 0 Å². The van der Waals surface area contributed by atoms with E-state index >= 15 is 0 Å². The Kier molecular flexibility index (Phi) is 8.20. The smallest absolute Gasteiger partial charge is 0.0168 e. The van der Waals surface area contributed by atoms with E-state index in [-0.39, 0.29) is 0 Å². The summed E-state index contributed by atoms with van der Waals surface area (Å²) < 4.78 is 0. The number of nitrogens with zero attached hydrogens (tertiary/aromatic N) is 1. The summed E-state index contributed by atoms with van der Waals surface area (Å²) in [5.74, 6) is 0. The molecule has 2 heteroatoms. The summed E-state index contributed by atoms with van der Waals surface area (Å²) in [5.41, 5.74) is 0. The fourth-order valence-electron chi connectivity index (χ4n) is 1.87. The Labute approximate surface area is 90.1 Å². The van der Waals surface area contributed by atoms with Crippen LogP contribution in [0.25, 0.3) is 0 Å². The third kappa shape index (κ3) is 8.52. The summed E-state index contributed by atoms with van der Waals surface area (Å²) in [6, 6.07) is 1.26. The molecule has 0 aliphatic carbocycles. The molecule has 14 heavy (non-hydrogen) atoms. The van der Waals surface area contributed by atoms with Crippen LogP contribution < -0.4 is 5.32 Å². The summed E-state index contributed by atoms with van der Waals surface area (Å²) in [6.07, 6.45) is 5.36. The number of rotatable bonds is 8. The Hall–Kier alpha value is -0.0800. The Morgan fingerprint density at radius 3 is 2.21 bits per heavy atom. The van der Waals surface area contributed by atoms with Crippen molar-refractivity contribution in [3.05, 3.63) is 0 Å². The van der Waals surface area contributed by atoms with Crippen LogP contribution in [0.5, 0.6) is 0 Å². The van der Waals surface area contributed by atoms with Gasteiger partial charge in [-0.3, -0.25) is 0 Å². The molecule has 0 aromatic carbocycles. The summed E-state index contributed by atoms with van der Waals surface area (Å²) in [4.78, 5) is 2.23. The second-order valence-corrected chi connectivity index (χ2v) is 4.73. The number of nitrogens with one attached hydrogen (secondary N) is 1. The molecule has 2 nitrogen and oxygen atoms in total. The normalized spacial score (nSPS) is 15.9. The molecule has 0 heterocycles. The van der Waals surface area contributed by atoms with Crippen LogP contribution in [0.2, 0.25) is 0 Å². The zero-order valence-electron chi connectivity index (χ0n) is 10.6. The first-order valence-corrected chi connectivity index (χ1v) is 5.97. The molecule has 0 fully saturated rings. The summed E-state index contributed by atoms with van der Waals surface area (Å²) in [6.45, 7) is 7.93. The van der Waals surface area contributed by atoms with Crippen LogP contribution in [0.4, 0.5) is 0 Å². The first-order valence-electron chi connectivity index (χ1n) is 5.97. The second-order valence-electron chi connectivity index (χ2n) is 4.73. The molecule has 0 amide bonds. The molecular weight excluding hydrogens is 172 g/mol. The Morgan fingerprint density at radius 2 is 1.71 bits per heavy atom. The zero-order valence-corrected chi connectivity index (χ0v) is 10.6. The molecule has 0 aliphatic rings. The molecule has 0 aromatic heterocycles. The Balaban J connectivity index is 3.44. The average molecular weight is 200 g/mol. The van der Waals surface area contributed by atoms with Crippen LogP contribution in [0.15, 0.2) is 0 Å². The molecule has 0 saturated heterocycles. The van der Waals surface area contributed by atoms with Gasteiger partial charge in [-0.1, -0.05) is 26.2 Å². The van der Waals surface area contributed by atoms with E-state index < -0.39 is 0 Å². The first kappa shape index (κ1) is 13.9. The van der Waals surface area contributed by atoms with Crippen molar-refractivity contribution < 1.29 is 0 Å². The maximum absolute atomic E-state index is 3.63. The van der Waals surface area contributed by atoms with E-state index in [9.17, 15) is 0 Å². The molecule has 1 N–H and O–H groups in total. The van der Waals surface area contributed by atoms with Gasteiger partial charge in [-0.05, 0) is 34.4 Å². The van der Waals surface area contributed by atoms with Gasteiger partial charge in [-0.2, -0.15) is 0 Å². The van der Waals surface area contributed by atoms with Gasteiger partial charge in [0.15, 0.2) is 0 Å². The lowest BCUT2D eigenvalue weighted by atomic mass is 10.1. The SMILES string of the molecule is CCCCCC(C)NC(C)CN(C)C. The van der Waals surface area contributed by atoms with Gasteiger partial charge in [-0.15, -0.1) is 0 Å². The lowest BCUT2D eigenvalue weighted by Gasteiger charge is -2.22. The van der Waals surface area contributed by atoms with Gasteiger partial charge in [0.05, 0.1) is 0 Å². The van der Waals surface area contributed by atoms with Gasteiger partial charge < -0.3 is 10.2 Å².